The van der Waals surface area contributed by atoms with Crippen LogP contribution in [0.1, 0.15) is 5.56 Å². The number of halogens is 3. The van der Waals surface area contributed by atoms with Crippen LogP contribution in [0.25, 0.3) is 0 Å². The summed E-state index contributed by atoms with van der Waals surface area (Å²) in [6, 6.07) is 4.61. The lowest BCUT2D eigenvalue weighted by Crippen LogP contribution is -2.20. The standard InChI is InChI=1S/C21H18F3N3O2/c22-21(23,24)17-12-8-9-13-18(17)27-20(28)29-19-16-25-14-10-6-4-2-1-3-5-7-11-15-26-19/h1-16,26H,(H,27,28). The van der Waals surface area contributed by atoms with Crippen molar-refractivity contribution in [3.05, 3.63) is 103 Å². The van der Waals surface area contributed by atoms with E-state index in [2.05, 4.69) is 15.6 Å². The molecular formula is C21H18F3N3O2. The van der Waals surface area contributed by atoms with Crippen LogP contribution in [0.5, 0.6) is 0 Å². The number of hydrogen-bond acceptors (Lipinski definition) is 4. The molecule has 0 aliphatic carbocycles. The van der Waals surface area contributed by atoms with Gasteiger partial charge >= 0.3 is 12.3 Å². The number of benzene rings is 1. The first-order valence-corrected chi connectivity index (χ1v) is 8.43. The summed E-state index contributed by atoms with van der Waals surface area (Å²) in [4.78, 5) is 16.0. The molecule has 1 aliphatic heterocycles. The average Bonchev–Trinajstić information content (AvgIpc) is 2.68. The molecule has 1 aliphatic rings. The van der Waals surface area contributed by atoms with Gasteiger partial charge in [0, 0.05) is 12.4 Å². The van der Waals surface area contributed by atoms with Gasteiger partial charge < -0.3 is 10.1 Å². The second-order valence-corrected chi connectivity index (χ2v) is 5.39. The third-order valence-electron chi connectivity index (χ3n) is 3.25. The molecule has 1 heterocycles. The highest BCUT2D eigenvalue weighted by Crippen LogP contribution is 2.34. The number of amides is 1. The van der Waals surface area contributed by atoms with Crippen LogP contribution in [0.3, 0.4) is 0 Å². The van der Waals surface area contributed by atoms with Gasteiger partial charge in [0.05, 0.1) is 17.5 Å². The van der Waals surface area contributed by atoms with Crippen LogP contribution in [0.4, 0.5) is 23.7 Å². The van der Waals surface area contributed by atoms with Crippen LogP contribution in [0, 0.1) is 0 Å². The van der Waals surface area contributed by atoms with Crippen LogP contribution in [-0.4, -0.2) is 12.3 Å². The molecule has 0 fully saturated rings. The van der Waals surface area contributed by atoms with E-state index in [9.17, 15) is 18.0 Å². The van der Waals surface area contributed by atoms with Crippen LogP contribution in [-0.2, 0) is 10.9 Å². The molecule has 0 saturated heterocycles. The number of aliphatic imine (C=N–C) groups is 1. The molecule has 0 aromatic heterocycles. The Hall–Kier alpha value is -3.81. The molecule has 0 spiro atoms. The van der Waals surface area contributed by atoms with Gasteiger partial charge in [0.2, 0.25) is 5.88 Å². The van der Waals surface area contributed by atoms with Crippen molar-refractivity contribution in [3.8, 4) is 0 Å². The van der Waals surface area contributed by atoms with Crippen molar-refractivity contribution in [3.63, 3.8) is 0 Å². The quantitative estimate of drug-likeness (QED) is 0.691. The lowest BCUT2D eigenvalue weighted by atomic mass is 10.2. The fourth-order valence-corrected chi connectivity index (χ4v) is 2.01. The lowest BCUT2D eigenvalue weighted by molar-refractivity contribution is -0.136. The predicted molar refractivity (Wildman–Crippen MR) is 107 cm³/mol. The molecule has 5 nitrogen and oxygen atoms in total. The molecule has 0 unspecified atom stereocenters. The van der Waals surface area contributed by atoms with E-state index < -0.39 is 23.5 Å². The maximum atomic E-state index is 13.0. The minimum absolute atomic E-state index is 0.0813. The van der Waals surface area contributed by atoms with E-state index in [1.807, 2.05) is 18.2 Å². The Balaban J connectivity index is 2.13. The normalized spacial score (nSPS) is 14.5. The van der Waals surface area contributed by atoms with Crippen molar-refractivity contribution in [1.82, 2.24) is 5.32 Å². The number of allylic oxidation sites excluding steroid dienone is 9. The number of alkyl halides is 3. The largest absolute Gasteiger partial charge is 0.418 e. The summed E-state index contributed by atoms with van der Waals surface area (Å²) in [5.41, 5.74) is -1.39. The summed E-state index contributed by atoms with van der Waals surface area (Å²) in [6.45, 7) is 0. The summed E-state index contributed by atoms with van der Waals surface area (Å²) >= 11 is 0. The molecule has 29 heavy (non-hydrogen) atoms. The maximum absolute atomic E-state index is 13.0. The highest BCUT2D eigenvalue weighted by atomic mass is 19.4. The Morgan fingerprint density at radius 2 is 1.55 bits per heavy atom. The molecule has 1 amide bonds. The van der Waals surface area contributed by atoms with Gasteiger partial charge in [-0.25, -0.2) is 4.79 Å². The van der Waals surface area contributed by atoms with Gasteiger partial charge in [0.1, 0.15) is 0 Å². The van der Waals surface area contributed by atoms with E-state index >= 15 is 0 Å². The Morgan fingerprint density at radius 1 is 0.931 bits per heavy atom. The zero-order chi connectivity index (χ0) is 21.0. The molecular weight excluding hydrogens is 383 g/mol. The van der Waals surface area contributed by atoms with Gasteiger partial charge in [0.15, 0.2) is 0 Å². The third-order valence-corrected chi connectivity index (χ3v) is 3.25. The van der Waals surface area contributed by atoms with E-state index in [1.165, 1.54) is 30.7 Å². The monoisotopic (exact) mass is 401 g/mol. The minimum Gasteiger partial charge on any atom is -0.391 e. The van der Waals surface area contributed by atoms with E-state index in [-0.39, 0.29) is 5.88 Å². The van der Waals surface area contributed by atoms with E-state index in [4.69, 9.17) is 4.74 Å². The first kappa shape index (κ1) is 21.5. The number of carbonyl (C=O) groups is 1. The van der Waals surface area contributed by atoms with Gasteiger partial charge in [-0.1, -0.05) is 54.7 Å². The Morgan fingerprint density at radius 3 is 2.24 bits per heavy atom. The van der Waals surface area contributed by atoms with Gasteiger partial charge in [-0.05, 0) is 24.3 Å². The Bertz CT molecular complexity index is 908. The number of rotatable bonds is 2. The summed E-state index contributed by atoms with van der Waals surface area (Å²) in [7, 11) is 0. The minimum atomic E-state index is -4.61. The highest BCUT2D eigenvalue weighted by molar-refractivity contribution is 5.86. The van der Waals surface area contributed by atoms with E-state index in [0.717, 1.165) is 12.1 Å². The first-order chi connectivity index (χ1) is 14.0. The van der Waals surface area contributed by atoms with Crippen molar-refractivity contribution in [2.24, 2.45) is 4.99 Å². The molecule has 0 bridgehead atoms. The number of nitrogens with one attached hydrogen (secondary N) is 2. The molecule has 2 rings (SSSR count). The zero-order valence-corrected chi connectivity index (χ0v) is 15.1. The average molecular weight is 401 g/mol. The van der Waals surface area contributed by atoms with Gasteiger partial charge in [0.25, 0.3) is 0 Å². The van der Waals surface area contributed by atoms with Crippen LogP contribution in [0.2, 0.25) is 0 Å². The van der Waals surface area contributed by atoms with E-state index in [0.29, 0.717) is 0 Å². The summed E-state index contributed by atoms with van der Waals surface area (Å²) < 4.78 is 44.1. The topological polar surface area (TPSA) is 62.7 Å². The second-order valence-electron chi connectivity index (χ2n) is 5.39. The Kier molecular flexibility index (Phi) is 8.25. The predicted octanol–water partition coefficient (Wildman–Crippen LogP) is 5.47. The lowest BCUT2D eigenvalue weighted by Gasteiger charge is -2.14. The van der Waals surface area contributed by atoms with Gasteiger partial charge in [-0.3, -0.25) is 10.3 Å². The molecule has 150 valence electrons. The molecule has 2 N–H and O–H groups in total. The van der Waals surface area contributed by atoms with Crippen LogP contribution >= 0.6 is 0 Å². The van der Waals surface area contributed by atoms with E-state index in [1.54, 1.807) is 36.5 Å². The second kappa shape index (κ2) is 11.1. The zero-order valence-electron chi connectivity index (χ0n) is 15.1. The van der Waals surface area contributed by atoms with Crippen molar-refractivity contribution in [2.75, 3.05) is 5.32 Å². The molecule has 0 saturated carbocycles. The summed E-state index contributed by atoms with van der Waals surface area (Å²) in [5, 5.41) is 4.79. The van der Waals surface area contributed by atoms with Crippen molar-refractivity contribution in [1.29, 1.82) is 0 Å². The summed E-state index contributed by atoms with van der Waals surface area (Å²) in [5.74, 6) is -0.0813. The number of nitrogens with zero attached hydrogens (tertiary/aromatic N) is 1. The van der Waals surface area contributed by atoms with Crippen LogP contribution < -0.4 is 10.6 Å². The molecule has 8 heteroatoms. The maximum Gasteiger partial charge on any atom is 0.418 e. The Labute approximate surface area is 166 Å². The fraction of sp³-hybridized carbons (Fsp3) is 0.0476. The fourth-order valence-electron chi connectivity index (χ4n) is 2.01. The van der Waals surface area contributed by atoms with Crippen molar-refractivity contribution in [2.45, 2.75) is 6.18 Å². The number of hydrogen-bond donors (Lipinski definition) is 2. The molecule has 0 radical (unpaired) electrons. The number of carbonyl (C=O) groups excluding carboxylic acids is 1. The smallest absolute Gasteiger partial charge is 0.391 e. The SMILES string of the molecule is O=C(Nc1ccccc1C(F)(F)F)OC1=CN=CC=CC=CC=CC=CC=CN1. The molecule has 1 aromatic carbocycles. The first-order valence-electron chi connectivity index (χ1n) is 8.43. The third kappa shape index (κ3) is 8.17. The number of ether oxygens (including phenoxy) is 1. The highest BCUT2D eigenvalue weighted by Gasteiger charge is 2.33. The number of para-hydroxylation sites is 1. The summed E-state index contributed by atoms with van der Waals surface area (Å²) in [6.07, 6.45) is 14.3. The van der Waals surface area contributed by atoms with Gasteiger partial charge in [-0.2, -0.15) is 13.2 Å². The molecule has 0 atom stereocenters. The molecule has 1 aromatic rings. The number of anilines is 1. The van der Waals surface area contributed by atoms with Crippen molar-refractivity contribution < 1.29 is 22.7 Å². The van der Waals surface area contributed by atoms with Crippen molar-refractivity contribution >= 4 is 18.0 Å². The van der Waals surface area contributed by atoms with Crippen LogP contribution in [0.15, 0.2) is 102 Å². The van der Waals surface area contributed by atoms with Gasteiger partial charge in [-0.15, -0.1) is 0 Å².